The zero-order valence-corrected chi connectivity index (χ0v) is 9.04. The van der Waals surface area contributed by atoms with Crippen LogP contribution in [-0.2, 0) is 11.2 Å². The Hall–Kier alpha value is -1.09. The van der Waals surface area contributed by atoms with Gasteiger partial charge in [-0.3, -0.25) is 4.79 Å². The fourth-order valence-electron chi connectivity index (χ4n) is 1.71. The molecule has 2 rings (SSSR count). The highest BCUT2D eigenvalue weighted by Crippen LogP contribution is 2.31. The Kier molecular flexibility index (Phi) is 2.42. The average Bonchev–Trinajstić information content (AvgIpc) is 2.47. The summed E-state index contributed by atoms with van der Waals surface area (Å²) in [4.78, 5) is 10.5. The maximum Gasteiger partial charge on any atom is 0.307 e. The number of aliphatic carboxylic acids is 1. The van der Waals surface area contributed by atoms with E-state index in [2.05, 4.69) is 15.9 Å². The molecule has 0 spiro atoms. The lowest BCUT2D eigenvalue weighted by Gasteiger charge is -1.99. The minimum absolute atomic E-state index is 0.140. The molecule has 0 atom stereocenters. The number of carboxylic acid groups (broad SMARTS) is 1. The second-order valence-electron chi connectivity index (χ2n) is 3.36. The fraction of sp³-hybridized carbons (Fsp3) is 0.182. The lowest BCUT2D eigenvalue weighted by molar-refractivity contribution is -0.136. The fourth-order valence-corrected chi connectivity index (χ4v) is 2.23. The predicted molar refractivity (Wildman–Crippen MR) is 58.1 cm³/mol. The monoisotopic (exact) mass is 252 g/mol. The Labute approximate surface area is 90.4 Å². The molecule has 1 aromatic rings. The van der Waals surface area contributed by atoms with Crippen LogP contribution in [0.2, 0.25) is 0 Å². The van der Waals surface area contributed by atoms with Crippen LogP contribution in [0, 0.1) is 0 Å². The number of benzene rings is 1. The zero-order valence-electron chi connectivity index (χ0n) is 7.46. The van der Waals surface area contributed by atoms with Gasteiger partial charge in [0.15, 0.2) is 0 Å². The van der Waals surface area contributed by atoms with Gasteiger partial charge in [-0.15, -0.1) is 0 Å². The van der Waals surface area contributed by atoms with Gasteiger partial charge in [-0.25, -0.2) is 0 Å². The van der Waals surface area contributed by atoms with E-state index in [1.807, 2.05) is 24.3 Å². The molecule has 72 valence electrons. The second kappa shape index (κ2) is 3.58. The Morgan fingerprint density at radius 1 is 1.50 bits per heavy atom. The highest BCUT2D eigenvalue weighted by atomic mass is 79.9. The zero-order chi connectivity index (χ0) is 10.1. The van der Waals surface area contributed by atoms with Crippen molar-refractivity contribution >= 4 is 28.0 Å². The molecule has 0 fully saturated rings. The molecule has 1 aliphatic carbocycles. The summed E-state index contributed by atoms with van der Waals surface area (Å²) in [6, 6.07) is 5.98. The summed E-state index contributed by atoms with van der Waals surface area (Å²) in [6.07, 6.45) is 2.87. The number of carboxylic acids is 1. The molecule has 0 heterocycles. The third-order valence-electron chi connectivity index (χ3n) is 2.29. The Morgan fingerprint density at radius 2 is 2.29 bits per heavy atom. The van der Waals surface area contributed by atoms with Crippen LogP contribution in [0.5, 0.6) is 0 Å². The van der Waals surface area contributed by atoms with E-state index >= 15 is 0 Å². The summed E-state index contributed by atoms with van der Waals surface area (Å²) in [5.41, 5.74) is 3.30. The number of hydrogen-bond acceptors (Lipinski definition) is 1. The SMILES string of the molecule is O=C(O)CC1=Cc2c(Br)cccc2C1. The molecule has 0 aromatic heterocycles. The van der Waals surface area contributed by atoms with Gasteiger partial charge in [-0.1, -0.05) is 39.7 Å². The van der Waals surface area contributed by atoms with E-state index in [0.29, 0.717) is 0 Å². The van der Waals surface area contributed by atoms with Gasteiger partial charge in [0.05, 0.1) is 6.42 Å². The number of fused-ring (bicyclic) bond motifs is 1. The van der Waals surface area contributed by atoms with Crippen molar-refractivity contribution in [2.24, 2.45) is 0 Å². The highest BCUT2D eigenvalue weighted by Gasteiger charge is 2.16. The van der Waals surface area contributed by atoms with E-state index in [1.54, 1.807) is 0 Å². The van der Waals surface area contributed by atoms with Crippen molar-refractivity contribution < 1.29 is 9.90 Å². The van der Waals surface area contributed by atoms with Crippen LogP contribution in [0.3, 0.4) is 0 Å². The minimum Gasteiger partial charge on any atom is -0.481 e. The maximum absolute atomic E-state index is 10.5. The molecule has 1 aromatic carbocycles. The van der Waals surface area contributed by atoms with Gasteiger partial charge in [-0.2, -0.15) is 0 Å². The molecule has 1 aliphatic rings. The Morgan fingerprint density at radius 3 is 2.93 bits per heavy atom. The van der Waals surface area contributed by atoms with Gasteiger partial charge in [-0.05, 0) is 23.6 Å². The van der Waals surface area contributed by atoms with Crippen LogP contribution in [0.15, 0.2) is 28.2 Å². The van der Waals surface area contributed by atoms with E-state index < -0.39 is 5.97 Å². The second-order valence-corrected chi connectivity index (χ2v) is 4.22. The number of hydrogen-bond donors (Lipinski definition) is 1. The molecule has 0 unspecified atom stereocenters. The quantitative estimate of drug-likeness (QED) is 0.879. The summed E-state index contributed by atoms with van der Waals surface area (Å²) < 4.78 is 1.04. The molecule has 14 heavy (non-hydrogen) atoms. The van der Waals surface area contributed by atoms with Gasteiger partial charge in [0.25, 0.3) is 0 Å². The predicted octanol–water partition coefficient (Wildman–Crippen LogP) is 2.86. The van der Waals surface area contributed by atoms with Crippen molar-refractivity contribution in [1.29, 1.82) is 0 Å². The molecule has 0 saturated carbocycles. The summed E-state index contributed by atoms with van der Waals surface area (Å²) in [7, 11) is 0. The number of rotatable bonds is 2. The molecular weight excluding hydrogens is 244 g/mol. The van der Waals surface area contributed by atoms with Gasteiger partial charge < -0.3 is 5.11 Å². The van der Waals surface area contributed by atoms with E-state index in [-0.39, 0.29) is 6.42 Å². The van der Waals surface area contributed by atoms with Crippen molar-refractivity contribution in [3.8, 4) is 0 Å². The van der Waals surface area contributed by atoms with E-state index in [9.17, 15) is 4.79 Å². The lowest BCUT2D eigenvalue weighted by Crippen LogP contribution is -1.96. The van der Waals surface area contributed by atoms with Gasteiger partial charge in [0.2, 0.25) is 0 Å². The summed E-state index contributed by atoms with van der Waals surface area (Å²) in [6.45, 7) is 0. The van der Waals surface area contributed by atoms with Crippen LogP contribution in [0.25, 0.3) is 6.08 Å². The Bertz CT molecular complexity index is 421. The standard InChI is InChI=1S/C11H9BrO2/c12-10-3-1-2-8-4-7(5-9(8)10)6-11(13)14/h1-3,5H,4,6H2,(H,13,14). The smallest absolute Gasteiger partial charge is 0.307 e. The highest BCUT2D eigenvalue weighted by molar-refractivity contribution is 9.10. The Balaban J connectivity index is 2.30. The summed E-state index contributed by atoms with van der Waals surface area (Å²) in [5, 5.41) is 8.67. The molecule has 1 N–H and O–H groups in total. The van der Waals surface area contributed by atoms with Gasteiger partial charge in [0, 0.05) is 4.47 Å². The normalized spacial score (nSPS) is 13.6. The molecule has 3 heteroatoms. The van der Waals surface area contributed by atoms with Crippen molar-refractivity contribution in [2.75, 3.05) is 0 Å². The van der Waals surface area contributed by atoms with E-state index in [0.717, 1.165) is 22.0 Å². The maximum atomic E-state index is 10.5. The first-order valence-corrected chi connectivity index (χ1v) is 5.15. The number of halogens is 1. The van der Waals surface area contributed by atoms with Gasteiger partial charge in [0.1, 0.15) is 0 Å². The first-order chi connectivity index (χ1) is 6.66. The van der Waals surface area contributed by atoms with E-state index in [4.69, 9.17) is 5.11 Å². The average molecular weight is 253 g/mol. The molecular formula is C11H9BrO2. The molecule has 0 aliphatic heterocycles. The largest absolute Gasteiger partial charge is 0.481 e. The first kappa shape index (κ1) is 9.46. The van der Waals surface area contributed by atoms with Crippen LogP contribution in [0.4, 0.5) is 0 Å². The van der Waals surface area contributed by atoms with E-state index in [1.165, 1.54) is 5.56 Å². The number of carbonyl (C=O) groups is 1. The van der Waals surface area contributed by atoms with Crippen molar-refractivity contribution in [1.82, 2.24) is 0 Å². The van der Waals surface area contributed by atoms with Gasteiger partial charge >= 0.3 is 5.97 Å². The van der Waals surface area contributed by atoms with Crippen LogP contribution < -0.4 is 0 Å². The lowest BCUT2D eigenvalue weighted by atomic mass is 10.1. The molecule has 0 bridgehead atoms. The van der Waals surface area contributed by atoms with Crippen molar-refractivity contribution in [2.45, 2.75) is 12.8 Å². The first-order valence-electron chi connectivity index (χ1n) is 4.35. The van der Waals surface area contributed by atoms with Crippen molar-refractivity contribution in [3.63, 3.8) is 0 Å². The molecule has 0 radical (unpaired) electrons. The van der Waals surface area contributed by atoms with Crippen LogP contribution in [-0.4, -0.2) is 11.1 Å². The topological polar surface area (TPSA) is 37.3 Å². The third-order valence-corrected chi connectivity index (χ3v) is 2.98. The summed E-state index contributed by atoms with van der Waals surface area (Å²) in [5.74, 6) is -0.764. The molecule has 0 amide bonds. The van der Waals surface area contributed by atoms with Crippen LogP contribution in [0.1, 0.15) is 17.5 Å². The summed E-state index contributed by atoms with van der Waals surface area (Å²) >= 11 is 3.45. The molecule has 2 nitrogen and oxygen atoms in total. The van der Waals surface area contributed by atoms with Crippen LogP contribution >= 0.6 is 15.9 Å². The van der Waals surface area contributed by atoms with Crippen molar-refractivity contribution in [3.05, 3.63) is 39.4 Å². The molecule has 0 saturated heterocycles. The minimum atomic E-state index is -0.764. The third kappa shape index (κ3) is 1.73.